The Labute approximate surface area is 127 Å². The topological polar surface area (TPSA) is 66.4 Å². The normalized spacial score (nSPS) is 13.6. The summed E-state index contributed by atoms with van der Waals surface area (Å²) in [4.78, 5) is 12.3. The molecular weight excluding hydrogens is 294 g/mol. The van der Waals surface area contributed by atoms with E-state index >= 15 is 0 Å². The predicted molar refractivity (Wildman–Crippen MR) is 77.0 cm³/mol. The van der Waals surface area contributed by atoms with Crippen LogP contribution in [0, 0.1) is 0 Å². The third kappa shape index (κ3) is 3.16. The van der Waals surface area contributed by atoms with Crippen LogP contribution in [-0.2, 0) is 0 Å². The molecule has 1 aromatic carbocycles. The summed E-state index contributed by atoms with van der Waals surface area (Å²) in [5, 5.41) is 0.0931. The highest BCUT2D eigenvalue weighted by atomic mass is 35.5. The number of ether oxygens (including phenoxy) is 3. The van der Waals surface area contributed by atoms with Crippen LogP contribution >= 0.6 is 11.6 Å². The number of halogens is 1. The van der Waals surface area contributed by atoms with E-state index in [1.54, 1.807) is 0 Å². The minimum absolute atomic E-state index is 0.0931. The summed E-state index contributed by atoms with van der Waals surface area (Å²) in [6.07, 6.45) is 0.857. The third-order valence-electron chi connectivity index (χ3n) is 2.87. The maximum Gasteiger partial charge on any atom is 0.321 e. The number of benzene rings is 1. The van der Waals surface area contributed by atoms with Gasteiger partial charge in [0.1, 0.15) is 0 Å². The van der Waals surface area contributed by atoms with Crippen LogP contribution in [-0.4, -0.2) is 34.8 Å². The first-order chi connectivity index (χ1) is 10.3. The molecule has 21 heavy (non-hydrogen) atoms. The average Bonchev–Trinajstić information content (AvgIpc) is 2.71. The first-order valence-electron chi connectivity index (χ1n) is 6.70. The second kappa shape index (κ2) is 6.13. The number of hydrogen-bond acceptors (Lipinski definition) is 6. The number of fused-ring (bicyclic) bond motifs is 1. The van der Waals surface area contributed by atoms with E-state index in [9.17, 15) is 0 Å². The molecule has 0 radical (unpaired) electrons. The molecule has 0 saturated heterocycles. The molecule has 0 N–H and O–H groups in total. The molecule has 0 fully saturated rings. The lowest BCUT2D eigenvalue weighted by Crippen LogP contribution is -2.01. The molecule has 3 rings (SSSR count). The molecule has 0 bridgehead atoms. The van der Waals surface area contributed by atoms with Crippen LogP contribution in [0.1, 0.15) is 13.3 Å². The number of rotatable bonds is 3. The fraction of sp³-hybridized carbons (Fsp3) is 0.357. The second-order valence-corrected chi connectivity index (χ2v) is 4.69. The van der Waals surface area contributed by atoms with E-state index in [4.69, 9.17) is 25.8 Å². The van der Waals surface area contributed by atoms with Crippen molar-refractivity contribution in [3.63, 3.8) is 0 Å². The van der Waals surface area contributed by atoms with E-state index in [-0.39, 0.29) is 11.3 Å². The van der Waals surface area contributed by atoms with Gasteiger partial charge < -0.3 is 14.2 Å². The first-order valence-corrected chi connectivity index (χ1v) is 7.08. The molecule has 0 atom stereocenters. The molecule has 1 aliphatic heterocycles. The van der Waals surface area contributed by atoms with Crippen LogP contribution in [0.4, 0.5) is 0 Å². The van der Waals surface area contributed by atoms with Crippen LogP contribution < -0.4 is 14.2 Å². The Hall–Kier alpha value is -2.08. The van der Waals surface area contributed by atoms with E-state index in [1.165, 1.54) is 0 Å². The van der Waals surface area contributed by atoms with Crippen molar-refractivity contribution in [2.24, 2.45) is 0 Å². The van der Waals surface area contributed by atoms with E-state index in [0.717, 1.165) is 17.7 Å². The van der Waals surface area contributed by atoms with Gasteiger partial charge in [0.2, 0.25) is 5.28 Å². The monoisotopic (exact) mass is 307 g/mol. The Balaban J connectivity index is 1.98. The zero-order valence-corrected chi connectivity index (χ0v) is 12.3. The van der Waals surface area contributed by atoms with Gasteiger partial charge in [-0.15, -0.1) is 0 Å². The smallest absolute Gasteiger partial charge is 0.321 e. The van der Waals surface area contributed by atoms with Crippen LogP contribution in [0.15, 0.2) is 18.2 Å². The van der Waals surface area contributed by atoms with Gasteiger partial charge in [0.15, 0.2) is 17.3 Å². The van der Waals surface area contributed by atoms with Crippen molar-refractivity contribution >= 4 is 11.6 Å². The van der Waals surface area contributed by atoms with Gasteiger partial charge in [-0.25, -0.2) is 0 Å². The van der Waals surface area contributed by atoms with Gasteiger partial charge in [0.05, 0.1) is 19.8 Å². The molecule has 0 spiro atoms. The molecule has 0 saturated carbocycles. The lowest BCUT2D eigenvalue weighted by Gasteiger charge is -2.09. The Bertz CT molecular complexity index is 651. The quantitative estimate of drug-likeness (QED) is 0.868. The summed E-state index contributed by atoms with van der Waals surface area (Å²) in [6, 6.07) is 5.74. The van der Waals surface area contributed by atoms with Gasteiger partial charge in [0, 0.05) is 12.0 Å². The molecule has 1 aliphatic rings. The summed E-state index contributed by atoms with van der Waals surface area (Å²) in [5.74, 6) is 1.84. The molecular formula is C14H14ClN3O3. The Morgan fingerprint density at radius 1 is 1.14 bits per heavy atom. The summed E-state index contributed by atoms with van der Waals surface area (Å²) in [7, 11) is 0. The molecule has 7 heteroatoms. The minimum Gasteiger partial charge on any atom is -0.490 e. The maximum absolute atomic E-state index is 5.91. The zero-order valence-electron chi connectivity index (χ0n) is 11.5. The van der Waals surface area contributed by atoms with E-state index in [0.29, 0.717) is 31.4 Å². The van der Waals surface area contributed by atoms with Crippen molar-refractivity contribution in [1.29, 1.82) is 0 Å². The van der Waals surface area contributed by atoms with Crippen molar-refractivity contribution in [3.05, 3.63) is 23.5 Å². The van der Waals surface area contributed by atoms with Gasteiger partial charge in [-0.1, -0.05) is 0 Å². The van der Waals surface area contributed by atoms with Crippen molar-refractivity contribution in [2.45, 2.75) is 13.3 Å². The highest BCUT2D eigenvalue weighted by Crippen LogP contribution is 2.33. The summed E-state index contributed by atoms with van der Waals surface area (Å²) < 4.78 is 16.5. The van der Waals surface area contributed by atoms with Crippen LogP contribution in [0.2, 0.25) is 5.28 Å². The predicted octanol–water partition coefficient (Wildman–Crippen LogP) is 2.75. The van der Waals surface area contributed by atoms with E-state index < -0.39 is 0 Å². The molecule has 110 valence electrons. The largest absolute Gasteiger partial charge is 0.490 e. The Kier molecular flexibility index (Phi) is 4.06. The molecule has 0 unspecified atom stereocenters. The van der Waals surface area contributed by atoms with Gasteiger partial charge in [0.25, 0.3) is 0 Å². The first kappa shape index (κ1) is 13.9. The summed E-state index contributed by atoms with van der Waals surface area (Å²) in [6.45, 7) is 3.59. The molecule has 6 nitrogen and oxygen atoms in total. The molecule has 0 aliphatic carbocycles. The Morgan fingerprint density at radius 3 is 2.76 bits per heavy atom. The minimum atomic E-state index is 0.0931. The van der Waals surface area contributed by atoms with Crippen molar-refractivity contribution < 1.29 is 14.2 Å². The third-order valence-corrected chi connectivity index (χ3v) is 3.04. The fourth-order valence-corrected chi connectivity index (χ4v) is 2.11. The summed E-state index contributed by atoms with van der Waals surface area (Å²) >= 11 is 5.91. The van der Waals surface area contributed by atoms with Gasteiger partial charge in [-0.3, -0.25) is 0 Å². The second-order valence-electron chi connectivity index (χ2n) is 4.36. The van der Waals surface area contributed by atoms with Crippen molar-refractivity contribution in [3.8, 4) is 28.9 Å². The lowest BCUT2D eigenvalue weighted by molar-refractivity contribution is 0.297. The standard InChI is InChI=1S/C14H14ClN3O3/c1-2-19-14-17-12(16-13(15)18-14)9-4-5-10-11(8-9)21-7-3-6-20-10/h4-5,8H,2-3,6-7H2,1H3. The highest BCUT2D eigenvalue weighted by Gasteiger charge is 2.14. The average molecular weight is 308 g/mol. The zero-order chi connectivity index (χ0) is 14.7. The number of hydrogen-bond donors (Lipinski definition) is 0. The van der Waals surface area contributed by atoms with E-state index in [2.05, 4.69) is 15.0 Å². The highest BCUT2D eigenvalue weighted by molar-refractivity contribution is 6.28. The van der Waals surface area contributed by atoms with Crippen LogP contribution in [0.5, 0.6) is 17.5 Å². The number of nitrogens with zero attached hydrogens (tertiary/aromatic N) is 3. The fourth-order valence-electron chi connectivity index (χ4n) is 1.96. The van der Waals surface area contributed by atoms with E-state index in [1.807, 2.05) is 25.1 Å². The van der Waals surface area contributed by atoms with Crippen LogP contribution in [0.25, 0.3) is 11.4 Å². The molecule has 0 amide bonds. The van der Waals surface area contributed by atoms with Crippen LogP contribution in [0.3, 0.4) is 0 Å². The van der Waals surface area contributed by atoms with Gasteiger partial charge >= 0.3 is 6.01 Å². The van der Waals surface area contributed by atoms with Crippen molar-refractivity contribution in [2.75, 3.05) is 19.8 Å². The SMILES string of the molecule is CCOc1nc(Cl)nc(-c2ccc3c(c2)OCCCO3)n1. The summed E-state index contributed by atoms with van der Waals surface area (Å²) in [5.41, 5.74) is 0.768. The van der Waals surface area contributed by atoms with Crippen molar-refractivity contribution in [1.82, 2.24) is 15.0 Å². The molecule has 1 aromatic heterocycles. The van der Waals surface area contributed by atoms with Gasteiger partial charge in [-0.05, 0) is 36.7 Å². The number of aromatic nitrogens is 3. The maximum atomic E-state index is 5.91. The lowest BCUT2D eigenvalue weighted by atomic mass is 10.2. The molecule has 2 heterocycles. The Morgan fingerprint density at radius 2 is 1.95 bits per heavy atom. The van der Waals surface area contributed by atoms with Gasteiger partial charge in [-0.2, -0.15) is 15.0 Å². The molecule has 2 aromatic rings.